The summed E-state index contributed by atoms with van der Waals surface area (Å²) in [6, 6.07) is 7.06. The Labute approximate surface area is 117 Å². The summed E-state index contributed by atoms with van der Waals surface area (Å²) in [5.41, 5.74) is 1.35. The first-order chi connectivity index (χ1) is 8.61. The molecule has 0 radical (unpaired) electrons. The maximum absolute atomic E-state index is 13.0. The predicted octanol–water partition coefficient (Wildman–Crippen LogP) is 4.42. The first kappa shape index (κ1) is 13.5. The van der Waals surface area contributed by atoms with Crippen LogP contribution in [-0.4, -0.2) is 9.78 Å². The molecule has 0 bridgehead atoms. The normalized spacial score (nSPS) is 11.2. The number of nitrogens with zero attached hydrogens (tertiary/aromatic N) is 2. The fourth-order valence-corrected chi connectivity index (χ4v) is 2.24. The predicted molar refractivity (Wildman–Crippen MR) is 70.4 cm³/mol. The highest BCUT2D eigenvalue weighted by Gasteiger charge is 2.19. The molecule has 1 aromatic heterocycles. The lowest BCUT2D eigenvalue weighted by Gasteiger charge is -2.08. The number of aromatic nitrogens is 2. The van der Waals surface area contributed by atoms with Gasteiger partial charge in [-0.25, -0.2) is 8.78 Å². The van der Waals surface area contributed by atoms with Gasteiger partial charge in [0.15, 0.2) is 0 Å². The Hall–Kier alpha value is -0.940. The van der Waals surface area contributed by atoms with Crippen LogP contribution < -0.4 is 0 Å². The van der Waals surface area contributed by atoms with Crippen LogP contribution in [0.5, 0.6) is 0 Å². The van der Waals surface area contributed by atoms with Crippen molar-refractivity contribution in [2.75, 3.05) is 0 Å². The Morgan fingerprint density at radius 1 is 1.28 bits per heavy atom. The minimum absolute atomic E-state index is 0.0400. The zero-order valence-electron chi connectivity index (χ0n) is 9.28. The molecule has 0 spiro atoms. The molecule has 0 saturated heterocycles. The molecule has 0 aliphatic carbocycles. The highest BCUT2D eigenvalue weighted by Crippen LogP contribution is 2.25. The van der Waals surface area contributed by atoms with Gasteiger partial charge in [-0.2, -0.15) is 5.10 Å². The SMILES string of the molecule is FC(F)c1c(CBr)cnn1Cc1ccc(Cl)cc1. The lowest BCUT2D eigenvalue weighted by molar-refractivity contribution is 0.139. The van der Waals surface area contributed by atoms with E-state index in [-0.39, 0.29) is 5.69 Å². The van der Waals surface area contributed by atoms with Gasteiger partial charge in [0.25, 0.3) is 6.43 Å². The number of benzene rings is 1. The van der Waals surface area contributed by atoms with Crippen LogP contribution in [0.3, 0.4) is 0 Å². The molecule has 0 amide bonds. The molecule has 2 rings (SSSR count). The largest absolute Gasteiger partial charge is 0.280 e. The van der Waals surface area contributed by atoms with Crippen LogP contribution in [0, 0.1) is 0 Å². The first-order valence-corrected chi connectivity index (χ1v) is 6.75. The minimum atomic E-state index is -2.53. The number of hydrogen-bond acceptors (Lipinski definition) is 1. The van der Waals surface area contributed by atoms with E-state index in [1.807, 2.05) is 0 Å². The van der Waals surface area contributed by atoms with Crippen molar-refractivity contribution in [1.29, 1.82) is 0 Å². The number of alkyl halides is 3. The summed E-state index contributed by atoms with van der Waals surface area (Å²) in [4.78, 5) is 0. The van der Waals surface area contributed by atoms with E-state index >= 15 is 0 Å². The van der Waals surface area contributed by atoms with Crippen molar-refractivity contribution in [2.45, 2.75) is 18.3 Å². The molecule has 6 heteroatoms. The summed E-state index contributed by atoms with van der Waals surface area (Å²) >= 11 is 8.96. The quantitative estimate of drug-likeness (QED) is 0.756. The molecular weight excluding hydrogens is 325 g/mol. The van der Waals surface area contributed by atoms with Crippen molar-refractivity contribution in [3.05, 3.63) is 52.3 Å². The average Bonchev–Trinajstić information content (AvgIpc) is 2.75. The lowest BCUT2D eigenvalue weighted by Crippen LogP contribution is -2.07. The van der Waals surface area contributed by atoms with Gasteiger partial charge >= 0.3 is 0 Å². The van der Waals surface area contributed by atoms with Gasteiger partial charge in [0.2, 0.25) is 0 Å². The summed E-state index contributed by atoms with van der Waals surface area (Å²) in [6.45, 7) is 0.309. The zero-order valence-corrected chi connectivity index (χ0v) is 11.6. The Bertz CT molecular complexity index is 525. The summed E-state index contributed by atoms with van der Waals surface area (Å²) < 4.78 is 27.3. The fourth-order valence-electron chi connectivity index (χ4n) is 1.68. The standard InChI is InChI=1S/C12H10BrClF2N2/c13-5-9-6-17-18(11(9)12(15)16)7-8-1-3-10(14)4-2-8/h1-4,6,12H,5,7H2. The highest BCUT2D eigenvalue weighted by atomic mass is 79.9. The molecule has 1 heterocycles. The van der Waals surface area contributed by atoms with Gasteiger partial charge < -0.3 is 0 Å². The number of hydrogen-bond donors (Lipinski definition) is 0. The smallest absolute Gasteiger partial charge is 0.259 e. The summed E-state index contributed by atoms with van der Waals surface area (Å²) in [5.74, 6) is 0. The van der Waals surface area contributed by atoms with Crippen molar-refractivity contribution in [2.24, 2.45) is 0 Å². The third-order valence-corrected chi connectivity index (χ3v) is 3.41. The minimum Gasteiger partial charge on any atom is -0.259 e. The first-order valence-electron chi connectivity index (χ1n) is 5.25. The van der Waals surface area contributed by atoms with E-state index < -0.39 is 6.43 Å². The van der Waals surface area contributed by atoms with Crippen LogP contribution in [0.25, 0.3) is 0 Å². The van der Waals surface area contributed by atoms with Crippen molar-refractivity contribution < 1.29 is 8.78 Å². The van der Waals surface area contributed by atoms with Gasteiger partial charge in [-0.1, -0.05) is 39.7 Å². The summed E-state index contributed by atoms with van der Waals surface area (Å²) in [7, 11) is 0. The second-order valence-electron chi connectivity index (χ2n) is 3.77. The topological polar surface area (TPSA) is 17.8 Å². The van der Waals surface area contributed by atoms with Crippen LogP contribution in [0.2, 0.25) is 5.02 Å². The Balaban J connectivity index is 2.28. The average molecular weight is 336 g/mol. The van der Waals surface area contributed by atoms with Crippen molar-refractivity contribution >= 4 is 27.5 Å². The van der Waals surface area contributed by atoms with Gasteiger partial charge in [-0.05, 0) is 17.7 Å². The van der Waals surface area contributed by atoms with Gasteiger partial charge in [0.05, 0.1) is 12.7 Å². The van der Waals surface area contributed by atoms with E-state index in [2.05, 4.69) is 21.0 Å². The van der Waals surface area contributed by atoms with Crippen LogP contribution in [0.15, 0.2) is 30.5 Å². The van der Waals surface area contributed by atoms with E-state index in [0.29, 0.717) is 22.5 Å². The molecule has 0 fully saturated rings. The molecule has 0 saturated carbocycles. The number of halogens is 4. The van der Waals surface area contributed by atoms with E-state index in [4.69, 9.17) is 11.6 Å². The van der Waals surface area contributed by atoms with E-state index in [9.17, 15) is 8.78 Å². The lowest BCUT2D eigenvalue weighted by atomic mass is 10.2. The maximum atomic E-state index is 13.0. The maximum Gasteiger partial charge on any atom is 0.280 e. The molecule has 2 nitrogen and oxygen atoms in total. The van der Waals surface area contributed by atoms with Gasteiger partial charge in [0, 0.05) is 15.9 Å². The van der Waals surface area contributed by atoms with Gasteiger partial charge in [-0.15, -0.1) is 0 Å². The Morgan fingerprint density at radius 3 is 2.50 bits per heavy atom. The highest BCUT2D eigenvalue weighted by molar-refractivity contribution is 9.08. The molecule has 0 aliphatic heterocycles. The van der Waals surface area contributed by atoms with Crippen molar-refractivity contribution in [3.63, 3.8) is 0 Å². The molecule has 2 aromatic rings. The van der Waals surface area contributed by atoms with Crippen LogP contribution in [0.1, 0.15) is 23.2 Å². The van der Waals surface area contributed by atoms with Crippen LogP contribution in [0.4, 0.5) is 8.78 Å². The second-order valence-corrected chi connectivity index (χ2v) is 4.77. The van der Waals surface area contributed by atoms with Crippen LogP contribution >= 0.6 is 27.5 Å². The van der Waals surface area contributed by atoms with Gasteiger partial charge in [0.1, 0.15) is 5.69 Å². The van der Waals surface area contributed by atoms with E-state index in [1.54, 1.807) is 24.3 Å². The molecule has 1 aromatic carbocycles. The summed E-state index contributed by atoms with van der Waals surface area (Å²) in [5, 5.41) is 4.99. The third kappa shape index (κ3) is 2.90. The zero-order chi connectivity index (χ0) is 13.1. The van der Waals surface area contributed by atoms with Gasteiger partial charge in [-0.3, -0.25) is 4.68 Å². The van der Waals surface area contributed by atoms with Crippen molar-refractivity contribution in [1.82, 2.24) is 9.78 Å². The monoisotopic (exact) mass is 334 g/mol. The van der Waals surface area contributed by atoms with Crippen molar-refractivity contribution in [3.8, 4) is 0 Å². The Kier molecular flexibility index (Phi) is 4.35. The van der Waals surface area contributed by atoms with E-state index in [1.165, 1.54) is 10.9 Å². The Morgan fingerprint density at radius 2 is 1.94 bits per heavy atom. The summed E-state index contributed by atoms with van der Waals surface area (Å²) in [6.07, 6.45) is -1.07. The molecular formula is C12H10BrClF2N2. The molecule has 0 atom stereocenters. The van der Waals surface area contributed by atoms with E-state index in [0.717, 1.165) is 5.56 Å². The molecule has 0 unspecified atom stereocenters. The molecule has 0 N–H and O–H groups in total. The molecule has 96 valence electrons. The molecule has 0 aliphatic rings. The fraction of sp³-hybridized carbons (Fsp3) is 0.250. The van der Waals surface area contributed by atoms with Crippen LogP contribution in [-0.2, 0) is 11.9 Å². The number of rotatable bonds is 4. The second kappa shape index (κ2) is 5.80. The molecule has 18 heavy (non-hydrogen) atoms. The third-order valence-electron chi connectivity index (χ3n) is 2.56.